The molecule has 164 valence electrons. The summed E-state index contributed by atoms with van der Waals surface area (Å²) in [5.41, 5.74) is -0.0154. The highest BCUT2D eigenvalue weighted by Gasteiger charge is 2.33. The van der Waals surface area contributed by atoms with Crippen molar-refractivity contribution in [1.29, 1.82) is 0 Å². The molecule has 0 bridgehead atoms. The number of likely N-dealkylation sites (tertiary alicyclic amines) is 1. The van der Waals surface area contributed by atoms with Crippen molar-refractivity contribution in [3.63, 3.8) is 0 Å². The maximum Gasteiger partial charge on any atom is 0.256 e. The topological polar surface area (TPSA) is 50.8 Å². The van der Waals surface area contributed by atoms with Gasteiger partial charge in [0.25, 0.3) is 5.91 Å². The van der Waals surface area contributed by atoms with E-state index < -0.39 is 5.60 Å². The number of rotatable bonds is 12. The van der Waals surface area contributed by atoms with Gasteiger partial charge in [0.05, 0.1) is 6.61 Å². The molecule has 0 aromatic heterocycles. The van der Waals surface area contributed by atoms with Crippen LogP contribution >= 0.6 is 0 Å². The minimum absolute atomic E-state index is 0.0859. The molecule has 29 heavy (non-hydrogen) atoms. The maximum atomic E-state index is 12.7. The summed E-state index contributed by atoms with van der Waals surface area (Å²) in [6.07, 6.45) is 6.44. The van der Waals surface area contributed by atoms with Gasteiger partial charge in [-0.25, -0.2) is 0 Å². The first-order valence-corrected chi connectivity index (χ1v) is 11.4. The molecule has 1 aliphatic heterocycles. The maximum absolute atomic E-state index is 12.7. The van der Waals surface area contributed by atoms with Gasteiger partial charge >= 0.3 is 0 Å². The van der Waals surface area contributed by atoms with Crippen molar-refractivity contribution >= 4 is 11.6 Å². The highest BCUT2D eigenvalue weighted by atomic mass is 16.5. The summed E-state index contributed by atoms with van der Waals surface area (Å²) in [4.78, 5) is 15.3. The van der Waals surface area contributed by atoms with Gasteiger partial charge in [0.15, 0.2) is 0 Å². The summed E-state index contributed by atoms with van der Waals surface area (Å²) in [6, 6.07) is 7.63. The van der Waals surface area contributed by atoms with Crippen molar-refractivity contribution in [3.8, 4) is 5.75 Å². The quantitative estimate of drug-likeness (QED) is 0.492. The third kappa shape index (κ3) is 7.98. The third-order valence-electron chi connectivity index (χ3n) is 5.69. The van der Waals surface area contributed by atoms with Crippen molar-refractivity contribution in [1.82, 2.24) is 4.90 Å². The van der Waals surface area contributed by atoms with Crippen LogP contribution in [0.25, 0.3) is 0 Å². The van der Waals surface area contributed by atoms with Crippen LogP contribution in [0.15, 0.2) is 24.3 Å². The van der Waals surface area contributed by atoms with Crippen LogP contribution in [-0.2, 0) is 9.53 Å². The fourth-order valence-electron chi connectivity index (χ4n) is 3.95. The van der Waals surface area contributed by atoms with E-state index in [1.165, 1.54) is 25.9 Å². The lowest BCUT2D eigenvalue weighted by molar-refractivity contribution is -0.139. The molecule has 1 N–H and O–H groups in total. The van der Waals surface area contributed by atoms with Crippen molar-refractivity contribution in [2.24, 2.45) is 5.92 Å². The van der Waals surface area contributed by atoms with Gasteiger partial charge in [-0.1, -0.05) is 26.7 Å². The van der Waals surface area contributed by atoms with E-state index in [9.17, 15) is 4.79 Å². The predicted octanol–water partition coefficient (Wildman–Crippen LogP) is 5.11. The molecule has 0 saturated carbocycles. The van der Waals surface area contributed by atoms with E-state index in [1.807, 2.05) is 38.1 Å². The first-order chi connectivity index (χ1) is 14.0. The Morgan fingerprint density at radius 2 is 2.00 bits per heavy atom. The first-order valence-electron chi connectivity index (χ1n) is 11.4. The molecule has 1 saturated heterocycles. The molecule has 5 heteroatoms. The molecule has 1 aromatic carbocycles. The van der Waals surface area contributed by atoms with E-state index in [4.69, 9.17) is 9.47 Å². The van der Waals surface area contributed by atoms with Crippen LogP contribution in [0.5, 0.6) is 5.75 Å². The Morgan fingerprint density at radius 1 is 1.24 bits per heavy atom. The molecule has 1 aliphatic rings. The Balaban J connectivity index is 1.76. The standard InChI is InChI=1S/C24H40N2O3/c1-5-7-15-24(4,29-6-2)23(27)25-21-11-13-22(14-12-21)28-18-9-17-26-16-8-10-20(3)19-26/h11-14,20H,5-10,15-19H2,1-4H3,(H,25,27). The number of piperidine rings is 1. The zero-order valence-electron chi connectivity index (χ0n) is 18.8. The smallest absolute Gasteiger partial charge is 0.256 e. The molecule has 2 rings (SSSR count). The molecule has 1 amide bonds. The summed E-state index contributed by atoms with van der Waals surface area (Å²) < 4.78 is 11.6. The van der Waals surface area contributed by atoms with Gasteiger partial charge in [0, 0.05) is 25.4 Å². The first kappa shape index (κ1) is 23.7. The minimum atomic E-state index is -0.786. The molecule has 1 fully saturated rings. The van der Waals surface area contributed by atoms with E-state index in [-0.39, 0.29) is 5.91 Å². The van der Waals surface area contributed by atoms with Gasteiger partial charge < -0.3 is 19.7 Å². The highest BCUT2D eigenvalue weighted by Crippen LogP contribution is 2.23. The van der Waals surface area contributed by atoms with Crippen LogP contribution in [-0.4, -0.2) is 49.3 Å². The Bertz CT molecular complexity index is 605. The number of hydrogen-bond donors (Lipinski definition) is 1. The number of carbonyl (C=O) groups excluding carboxylic acids is 1. The second-order valence-electron chi connectivity index (χ2n) is 8.50. The van der Waals surface area contributed by atoms with Gasteiger partial charge in [-0.3, -0.25) is 4.79 Å². The number of ether oxygens (including phenoxy) is 2. The van der Waals surface area contributed by atoms with E-state index in [2.05, 4.69) is 24.1 Å². The Hall–Kier alpha value is -1.59. The van der Waals surface area contributed by atoms with Crippen molar-refractivity contribution in [2.45, 2.75) is 71.8 Å². The summed E-state index contributed by atoms with van der Waals surface area (Å²) in [7, 11) is 0. The molecule has 1 aromatic rings. The van der Waals surface area contributed by atoms with E-state index in [1.54, 1.807) is 0 Å². The highest BCUT2D eigenvalue weighted by molar-refractivity contribution is 5.97. The molecular weight excluding hydrogens is 364 g/mol. The van der Waals surface area contributed by atoms with Crippen LogP contribution in [0, 0.1) is 5.92 Å². The fourth-order valence-corrected chi connectivity index (χ4v) is 3.95. The molecular formula is C24H40N2O3. The van der Waals surface area contributed by atoms with Gasteiger partial charge in [-0.15, -0.1) is 0 Å². The molecule has 0 radical (unpaired) electrons. The van der Waals surface area contributed by atoms with E-state index >= 15 is 0 Å². The number of nitrogens with zero attached hydrogens (tertiary/aromatic N) is 1. The van der Waals surface area contributed by atoms with Crippen LogP contribution in [0.1, 0.15) is 66.2 Å². The summed E-state index contributed by atoms with van der Waals surface area (Å²) >= 11 is 0. The Labute approximate surface area is 177 Å². The summed E-state index contributed by atoms with van der Waals surface area (Å²) in [5.74, 6) is 1.57. The van der Waals surface area contributed by atoms with Crippen molar-refractivity contribution in [3.05, 3.63) is 24.3 Å². The Morgan fingerprint density at radius 3 is 2.66 bits per heavy atom. The number of hydrogen-bond acceptors (Lipinski definition) is 4. The van der Waals surface area contributed by atoms with Gasteiger partial charge in [0.2, 0.25) is 0 Å². The lowest BCUT2D eigenvalue weighted by atomic mass is 9.97. The van der Waals surface area contributed by atoms with Crippen LogP contribution in [0.4, 0.5) is 5.69 Å². The zero-order valence-corrected chi connectivity index (χ0v) is 18.8. The SMILES string of the molecule is CCCCC(C)(OCC)C(=O)Nc1ccc(OCCCN2CCCC(C)C2)cc1. The lowest BCUT2D eigenvalue weighted by Gasteiger charge is -2.30. The monoisotopic (exact) mass is 404 g/mol. The number of benzene rings is 1. The number of carbonyl (C=O) groups is 1. The van der Waals surface area contributed by atoms with Crippen LogP contribution in [0.2, 0.25) is 0 Å². The molecule has 2 unspecified atom stereocenters. The van der Waals surface area contributed by atoms with Gasteiger partial charge in [0.1, 0.15) is 11.4 Å². The van der Waals surface area contributed by atoms with Crippen molar-refractivity contribution < 1.29 is 14.3 Å². The Kier molecular flexibility index (Phi) is 9.95. The molecule has 5 nitrogen and oxygen atoms in total. The number of anilines is 1. The molecule has 1 heterocycles. The normalized spacial score (nSPS) is 19.5. The minimum Gasteiger partial charge on any atom is -0.494 e. The predicted molar refractivity (Wildman–Crippen MR) is 120 cm³/mol. The lowest BCUT2D eigenvalue weighted by Crippen LogP contribution is -2.42. The number of nitrogens with one attached hydrogen (secondary N) is 1. The van der Waals surface area contributed by atoms with E-state index in [0.717, 1.165) is 56.2 Å². The number of unbranched alkanes of at least 4 members (excludes halogenated alkanes) is 1. The molecule has 0 aliphatic carbocycles. The van der Waals surface area contributed by atoms with Gasteiger partial charge in [-0.05, 0) is 76.3 Å². The summed E-state index contributed by atoms with van der Waals surface area (Å²) in [5, 5.41) is 2.99. The third-order valence-corrected chi connectivity index (χ3v) is 5.69. The largest absolute Gasteiger partial charge is 0.494 e. The zero-order chi connectivity index (χ0) is 21.1. The van der Waals surface area contributed by atoms with Crippen LogP contribution < -0.4 is 10.1 Å². The average molecular weight is 405 g/mol. The molecule has 0 spiro atoms. The van der Waals surface area contributed by atoms with Gasteiger partial charge in [-0.2, -0.15) is 0 Å². The molecule has 2 atom stereocenters. The second-order valence-corrected chi connectivity index (χ2v) is 8.50. The van der Waals surface area contributed by atoms with Crippen molar-refractivity contribution in [2.75, 3.05) is 38.2 Å². The van der Waals surface area contributed by atoms with Crippen LogP contribution in [0.3, 0.4) is 0 Å². The second kappa shape index (κ2) is 12.2. The average Bonchev–Trinajstić information content (AvgIpc) is 2.71. The summed E-state index contributed by atoms with van der Waals surface area (Å²) in [6.45, 7) is 13.0. The van der Waals surface area contributed by atoms with E-state index in [0.29, 0.717) is 6.61 Å². The fraction of sp³-hybridized carbons (Fsp3) is 0.708. The number of amides is 1.